The summed E-state index contributed by atoms with van der Waals surface area (Å²) in [4.78, 5) is 0. The minimum Gasteiger partial charge on any atom is -0.396 e. The summed E-state index contributed by atoms with van der Waals surface area (Å²) in [7, 11) is 0. The van der Waals surface area contributed by atoms with Crippen LogP contribution in [0.1, 0.15) is 26.2 Å². The monoisotopic (exact) mass is 186 g/mol. The van der Waals surface area contributed by atoms with Gasteiger partial charge in [0, 0.05) is 12.0 Å². The van der Waals surface area contributed by atoms with Crippen molar-refractivity contribution in [3.05, 3.63) is 0 Å². The molecule has 0 radical (unpaired) electrons. The van der Waals surface area contributed by atoms with Crippen LogP contribution < -0.4 is 0 Å². The van der Waals surface area contributed by atoms with E-state index in [1.165, 1.54) is 0 Å². The van der Waals surface area contributed by atoms with E-state index in [2.05, 4.69) is 6.92 Å². The highest BCUT2D eigenvalue weighted by Crippen LogP contribution is 2.60. The molecule has 2 aliphatic rings. The maximum Gasteiger partial charge on any atom is 0.0961 e. The Kier molecular flexibility index (Phi) is 2.13. The fourth-order valence-corrected chi connectivity index (χ4v) is 2.68. The summed E-state index contributed by atoms with van der Waals surface area (Å²) in [5.41, 5.74) is -1.02. The molecular formula is C10H18O3. The Labute approximate surface area is 78.7 Å². The lowest BCUT2D eigenvalue weighted by Crippen LogP contribution is -2.49. The molecule has 2 rings (SSSR count). The van der Waals surface area contributed by atoms with E-state index in [4.69, 9.17) is 4.74 Å². The molecule has 1 heterocycles. The van der Waals surface area contributed by atoms with Gasteiger partial charge in [-0.1, -0.05) is 6.92 Å². The van der Waals surface area contributed by atoms with Crippen molar-refractivity contribution in [1.29, 1.82) is 0 Å². The quantitative estimate of drug-likeness (QED) is 0.662. The lowest BCUT2D eigenvalue weighted by atomic mass is 9.79. The van der Waals surface area contributed by atoms with Crippen LogP contribution in [0.5, 0.6) is 0 Å². The van der Waals surface area contributed by atoms with Crippen LogP contribution in [-0.2, 0) is 4.74 Å². The molecule has 3 atom stereocenters. The molecule has 0 aromatic rings. The Hall–Kier alpha value is -0.120. The molecule has 0 bridgehead atoms. The smallest absolute Gasteiger partial charge is 0.0961 e. The number of aliphatic hydroxyl groups is 2. The number of ether oxygens (including phenoxy) is 1. The Morgan fingerprint density at radius 3 is 2.62 bits per heavy atom. The zero-order valence-electron chi connectivity index (χ0n) is 8.12. The molecule has 2 N–H and O–H groups in total. The normalized spacial score (nSPS) is 50.5. The minimum absolute atomic E-state index is 0.0913. The lowest BCUT2D eigenvalue weighted by molar-refractivity contribution is -0.143. The highest BCUT2D eigenvalue weighted by atomic mass is 16.5. The van der Waals surface area contributed by atoms with Crippen LogP contribution in [0.4, 0.5) is 0 Å². The minimum atomic E-state index is -0.764. The Morgan fingerprint density at radius 1 is 1.54 bits per heavy atom. The number of hydrogen-bond acceptors (Lipinski definition) is 3. The zero-order valence-corrected chi connectivity index (χ0v) is 8.12. The van der Waals surface area contributed by atoms with Gasteiger partial charge in [-0.2, -0.15) is 0 Å². The van der Waals surface area contributed by atoms with E-state index >= 15 is 0 Å². The third kappa shape index (κ3) is 1.22. The van der Waals surface area contributed by atoms with Gasteiger partial charge in [0.1, 0.15) is 0 Å². The van der Waals surface area contributed by atoms with Crippen molar-refractivity contribution < 1.29 is 14.9 Å². The first-order valence-corrected chi connectivity index (χ1v) is 5.06. The fourth-order valence-electron chi connectivity index (χ4n) is 2.68. The maximum absolute atomic E-state index is 10.3. The van der Waals surface area contributed by atoms with Gasteiger partial charge in [-0.05, 0) is 25.2 Å². The summed E-state index contributed by atoms with van der Waals surface area (Å²) in [6.45, 7) is 3.33. The second-order valence-corrected chi connectivity index (χ2v) is 4.61. The van der Waals surface area contributed by atoms with Crippen molar-refractivity contribution in [1.82, 2.24) is 0 Å². The molecule has 0 spiro atoms. The zero-order chi connectivity index (χ0) is 9.53. The van der Waals surface area contributed by atoms with Crippen LogP contribution in [0.15, 0.2) is 0 Å². The van der Waals surface area contributed by atoms with Gasteiger partial charge in [0.2, 0.25) is 0 Å². The van der Waals surface area contributed by atoms with Crippen LogP contribution in [0, 0.1) is 11.3 Å². The summed E-state index contributed by atoms with van der Waals surface area (Å²) in [5.74, 6) is 0.434. The third-order valence-electron chi connectivity index (χ3n) is 3.88. The molecule has 0 amide bonds. The number of rotatable bonds is 2. The molecule has 0 aromatic carbocycles. The van der Waals surface area contributed by atoms with E-state index in [0.717, 1.165) is 25.9 Å². The number of hydrogen-bond donors (Lipinski definition) is 2. The summed E-state index contributed by atoms with van der Waals surface area (Å²) in [6.07, 6.45) is 2.62. The summed E-state index contributed by atoms with van der Waals surface area (Å²) in [5, 5.41) is 19.7. The standard InChI is InChI=1S/C10H18O3/c1-8-5-9(8,6-11)10(12)3-2-4-13-7-10/h8,11-12H,2-7H2,1H3. The fraction of sp³-hybridized carbons (Fsp3) is 1.00. The highest BCUT2D eigenvalue weighted by molar-refractivity contribution is 5.13. The summed E-state index contributed by atoms with van der Waals surface area (Å²) < 4.78 is 5.30. The van der Waals surface area contributed by atoms with E-state index in [-0.39, 0.29) is 12.0 Å². The second kappa shape index (κ2) is 2.94. The van der Waals surface area contributed by atoms with Crippen LogP contribution in [0.2, 0.25) is 0 Å². The first-order chi connectivity index (χ1) is 6.15. The van der Waals surface area contributed by atoms with Crippen LogP contribution in [0.25, 0.3) is 0 Å². The SMILES string of the molecule is CC1CC1(CO)C1(O)CCCOC1. The van der Waals surface area contributed by atoms with E-state index in [9.17, 15) is 10.2 Å². The number of aliphatic hydroxyl groups excluding tert-OH is 1. The maximum atomic E-state index is 10.3. The summed E-state index contributed by atoms with van der Waals surface area (Å²) >= 11 is 0. The Bertz CT molecular complexity index is 194. The Balaban J connectivity index is 2.12. The van der Waals surface area contributed by atoms with Crippen molar-refractivity contribution in [3.63, 3.8) is 0 Å². The molecule has 3 unspecified atom stereocenters. The first kappa shape index (κ1) is 9.44. The topological polar surface area (TPSA) is 49.7 Å². The molecule has 2 fully saturated rings. The van der Waals surface area contributed by atoms with Gasteiger partial charge >= 0.3 is 0 Å². The Morgan fingerprint density at radius 2 is 2.23 bits per heavy atom. The van der Waals surface area contributed by atoms with E-state index in [1.807, 2.05) is 0 Å². The molecule has 1 saturated carbocycles. The molecule has 1 aliphatic carbocycles. The van der Waals surface area contributed by atoms with E-state index in [0.29, 0.717) is 12.5 Å². The van der Waals surface area contributed by atoms with Gasteiger partial charge in [0.25, 0.3) is 0 Å². The molecular weight excluding hydrogens is 168 g/mol. The first-order valence-electron chi connectivity index (χ1n) is 5.06. The third-order valence-corrected chi connectivity index (χ3v) is 3.88. The highest BCUT2D eigenvalue weighted by Gasteiger charge is 2.64. The van der Waals surface area contributed by atoms with Gasteiger partial charge in [0.05, 0.1) is 18.8 Å². The predicted molar refractivity (Wildman–Crippen MR) is 48.3 cm³/mol. The van der Waals surface area contributed by atoms with Gasteiger partial charge in [0.15, 0.2) is 0 Å². The molecule has 76 valence electrons. The second-order valence-electron chi connectivity index (χ2n) is 4.61. The van der Waals surface area contributed by atoms with Crippen LogP contribution in [0.3, 0.4) is 0 Å². The van der Waals surface area contributed by atoms with E-state index in [1.54, 1.807) is 0 Å². The van der Waals surface area contributed by atoms with Gasteiger partial charge < -0.3 is 14.9 Å². The average molecular weight is 186 g/mol. The van der Waals surface area contributed by atoms with E-state index < -0.39 is 5.60 Å². The molecule has 0 aromatic heterocycles. The molecule has 3 nitrogen and oxygen atoms in total. The van der Waals surface area contributed by atoms with Crippen molar-refractivity contribution in [2.24, 2.45) is 11.3 Å². The van der Waals surface area contributed by atoms with Crippen molar-refractivity contribution in [2.45, 2.75) is 31.8 Å². The predicted octanol–water partition coefficient (Wildman–Crippen LogP) is 0.546. The largest absolute Gasteiger partial charge is 0.396 e. The van der Waals surface area contributed by atoms with Crippen molar-refractivity contribution in [2.75, 3.05) is 19.8 Å². The van der Waals surface area contributed by atoms with Gasteiger partial charge in [-0.3, -0.25) is 0 Å². The molecule has 1 aliphatic heterocycles. The summed E-state index contributed by atoms with van der Waals surface area (Å²) in [6, 6.07) is 0. The molecule has 13 heavy (non-hydrogen) atoms. The molecule has 3 heteroatoms. The van der Waals surface area contributed by atoms with Crippen LogP contribution in [-0.4, -0.2) is 35.6 Å². The van der Waals surface area contributed by atoms with Crippen molar-refractivity contribution in [3.8, 4) is 0 Å². The average Bonchev–Trinajstić information content (AvgIpc) is 2.80. The van der Waals surface area contributed by atoms with Crippen LogP contribution >= 0.6 is 0 Å². The van der Waals surface area contributed by atoms with Gasteiger partial charge in [-0.15, -0.1) is 0 Å². The molecule has 1 saturated heterocycles. The lowest BCUT2D eigenvalue weighted by Gasteiger charge is -2.39. The van der Waals surface area contributed by atoms with Gasteiger partial charge in [-0.25, -0.2) is 0 Å². The van der Waals surface area contributed by atoms with Crippen molar-refractivity contribution >= 4 is 0 Å².